The molecule has 28 heavy (non-hydrogen) atoms. The molecule has 0 spiro atoms. The van der Waals surface area contributed by atoms with Crippen molar-refractivity contribution in [2.24, 2.45) is 0 Å². The summed E-state index contributed by atoms with van der Waals surface area (Å²) in [4.78, 5) is 16.7. The van der Waals surface area contributed by atoms with Gasteiger partial charge >= 0.3 is 0 Å². The summed E-state index contributed by atoms with van der Waals surface area (Å²) in [6.07, 6.45) is 0.772. The van der Waals surface area contributed by atoms with Crippen LogP contribution in [0.1, 0.15) is 21.1 Å². The zero-order valence-electron chi connectivity index (χ0n) is 14.4. The van der Waals surface area contributed by atoms with E-state index in [0.717, 1.165) is 28.2 Å². The first-order valence-electron chi connectivity index (χ1n) is 8.38. The minimum absolute atomic E-state index is 0.183. The Hall–Kier alpha value is -2.55. The van der Waals surface area contributed by atoms with Crippen LogP contribution in [0.25, 0.3) is 10.2 Å². The molecule has 5 nitrogen and oxygen atoms in total. The number of hydrogen-bond donors (Lipinski definition) is 2. The predicted octanol–water partition coefficient (Wildman–Crippen LogP) is 5.37. The van der Waals surface area contributed by atoms with Crippen molar-refractivity contribution in [3.8, 4) is 0 Å². The lowest BCUT2D eigenvalue weighted by atomic mass is 10.1. The van der Waals surface area contributed by atoms with Crippen molar-refractivity contribution < 1.29 is 9.21 Å². The van der Waals surface area contributed by atoms with Gasteiger partial charge in [0.2, 0.25) is 0 Å². The minimum atomic E-state index is -0.407. The lowest BCUT2D eigenvalue weighted by Gasteiger charge is -2.09. The molecule has 4 aromatic rings. The fraction of sp³-hybridized carbons (Fsp3) is 0.0500. The number of thiazole rings is 1. The molecule has 2 aromatic carbocycles. The Bertz CT molecular complexity index is 1120. The summed E-state index contributed by atoms with van der Waals surface area (Å²) in [5, 5.41) is 6.86. The highest BCUT2D eigenvalue weighted by Crippen LogP contribution is 2.24. The topological polar surface area (TPSA) is 67.2 Å². The molecule has 1 amide bonds. The number of thiocarbonyl (C=S) groups is 1. The third-order valence-electron chi connectivity index (χ3n) is 3.93. The Labute approximate surface area is 178 Å². The number of carbonyl (C=O) groups is 1. The van der Waals surface area contributed by atoms with Gasteiger partial charge in [0, 0.05) is 12.1 Å². The Morgan fingerprint density at radius 1 is 1.11 bits per heavy atom. The molecule has 0 aliphatic carbocycles. The Balaban J connectivity index is 1.36. The Morgan fingerprint density at radius 3 is 2.61 bits per heavy atom. The normalized spacial score (nSPS) is 10.8. The number of benzene rings is 2. The number of hydrogen-bond acceptors (Lipinski definition) is 5. The van der Waals surface area contributed by atoms with Crippen LogP contribution >= 0.6 is 39.5 Å². The molecule has 0 aliphatic rings. The van der Waals surface area contributed by atoms with Gasteiger partial charge in [-0.3, -0.25) is 10.1 Å². The lowest BCUT2D eigenvalue weighted by molar-refractivity contribution is 0.0949. The maximum Gasteiger partial charge on any atom is 0.293 e. The summed E-state index contributed by atoms with van der Waals surface area (Å²) >= 11 is 10.1. The van der Waals surface area contributed by atoms with E-state index in [9.17, 15) is 4.79 Å². The molecule has 0 atom stereocenters. The summed E-state index contributed by atoms with van der Waals surface area (Å²) in [7, 11) is 0. The molecule has 0 radical (unpaired) electrons. The molecule has 0 fully saturated rings. The molecule has 4 rings (SSSR count). The number of halogens is 1. The number of carbonyl (C=O) groups excluding carboxylic acids is 1. The number of fused-ring (bicyclic) bond motifs is 1. The Kier molecular flexibility index (Phi) is 5.52. The van der Waals surface area contributed by atoms with Crippen LogP contribution in [0.4, 0.5) is 5.69 Å². The van der Waals surface area contributed by atoms with Gasteiger partial charge in [-0.05, 0) is 70.1 Å². The van der Waals surface area contributed by atoms with E-state index in [1.165, 1.54) is 4.70 Å². The molecular weight excluding hydrogens is 458 g/mol. The molecule has 0 aliphatic heterocycles. The van der Waals surface area contributed by atoms with Crippen LogP contribution in [0.5, 0.6) is 0 Å². The molecule has 140 valence electrons. The highest BCUT2D eigenvalue weighted by Gasteiger charge is 2.12. The molecular formula is C20H14BrN3O2S2. The van der Waals surface area contributed by atoms with Crippen LogP contribution in [0, 0.1) is 0 Å². The van der Waals surface area contributed by atoms with Crippen LogP contribution in [0.3, 0.4) is 0 Å². The summed E-state index contributed by atoms with van der Waals surface area (Å²) in [6.45, 7) is 0. The molecule has 8 heteroatoms. The van der Waals surface area contributed by atoms with Crippen LogP contribution in [-0.2, 0) is 6.42 Å². The maximum absolute atomic E-state index is 12.0. The number of amides is 1. The summed E-state index contributed by atoms with van der Waals surface area (Å²) in [5.74, 6) is -0.224. The van der Waals surface area contributed by atoms with Crippen molar-refractivity contribution in [3.05, 3.63) is 81.7 Å². The van der Waals surface area contributed by atoms with Crippen LogP contribution < -0.4 is 10.6 Å². The number of nitrogens with one attached hydrogen (secondary N) is 2. The van der Waals surface area contributed by atoms with Gasteiger partial charge in [-0.25, -0.2) is 4.98 Å². The molecule has 0 unspecified atom stereocenters. The van der Waals surface area contributed by atoms with Crippen LogP contribution in [0.2, 0.25) is 0 Å². The zero-order valence-corrected chi connectivity index (χ0v) is 17.7. The second-order valence-electron chi connectivity index (χ2n) is 5.96. The monoisotopic (exact) mass is 471 g/mol. The van der Waals surface area contributed by atoms with E-state index in [-0.39, 0.29) is 10.9 Å². The van der Waals surface area contributed by atoms with Crippen molar-refractivity contribution >= 4 is 66.4 Å². The van der Waals surface area contributed by atoms with Gasteiger partial charge in [0.25, 0.3) is 5.91 Å². The number of aromatic nitrogens is 1. The third-order valence-corrected chi connectivity index (χ3v) is 5.60. The largest absolute Gasteiger partial charge is 0.444 e. The highest BCUT2D eigenvalue weighted by molar-refractivity contribution is 9.10. The molecule has 2 heterocycles. The first-order chi connectivity index (χ1) is 13.6. The van der Waals surface area contributed by atoms with Crippen LogP contribution in [0.15, 0.2) is 69.8 Å². The van der Waals surface area contributed by atoms with E-state index in [1.807, 2.05) is 42.5 Å². The van der Waals surface area contributed by atoms with Gasteiger partial charge < -0.3 is 9.73 Å². The van der Waals surface area contributed by atoms with Gasteiger partial charge in [-0.2, -0.15) is 0 Å². The number of para-hydroxylation sites is 1. The van der Waals surface area contributed by atoms with Gasteiger partial charge in [-0.1, -0.05) is 24.3 Å². The summed E-state index contributed by atoms with van der Waals surface area (Å²) < 4.78 is 6.88. The van der Waals surface area contributed by atoms with Gasteiger partial charge in [0.1, 0.15) is 0 Å². The van der Waals surface area contributed by atoms with Gasteiger partial charge in [0.05, 0.1) is 15.2 Å². The number of nitrogens with zero attached hydrogens (tertiary/aromatic N) is 1. The number of furan rings is 1. The van der Waals surface area contributed by atoms with Crippen molar-refractivity contribution in [1.82, 2.24) is 10.3 Å². The quantitative estimate of drug-likeness (QED) is 0.391. The SMILES string of the molecule is O=C(NC(=S)Nc1ccc(Cc2nc3ccccc3s2)cc1)c1ccc(Br)o1. The standard InChI is InChI=1S/C20H14BrN3O2S2/c21-17-10-9-15(26-17)19(25)24-20(27)22-13-7-5-12(6-8-13)11-18-23-14-3-1-2-4-16(14)28-18/h1-10H,11H2,(H2,22,24,25,27). The number of anilines is 1. The minimum Gasteiger partial charge on any atom is -0.444 e. The van der Waals surface area contributed by atoms with Crippen molar-refractivity contribution in [1.29, 1.82) is 0 Å². The molecule has 0 saturated heterocycles. The second kappa shape index (κ2) is 8.22. The van der Waals surface area contributed by atoms with E-state index >= 15 is 0 Å². The Morgan fingerprint density at radius 2 is 1.89 bits per heavy atom. The van der Waals surface area contributed by atoms with Crippen LogP contribution in [-0.4, -0.2) is 16.0 Å². The first kappa shape index (κ1) is 18.8. The predicted molar refractivity (Wildman–Crippen MR) is 119 cm³/mol. The average Bonchev–Trinajstić information content (AvgIpc) is 3.29. The zero-order chi connectivity index (χ0) is 19.5. The maximum atomic E-state index is 12.0. The smallest absolute Gasteiger partial charge is 0.293 e. The van der Waals surface area contributed by atoms with E-state index < -0.39 is 5.91 Å². The second-order valence-corrected chi connectivity index (χ2v) is 8.27. The third kappa shape index (κ3) is 4.46. The average molecular weight is 472 g/mol. The van der Waals surface area contributed by atoms with E-state index in [0.29, 0.717) is 4.67 Å². The summed E-state index contributed by atoms with van der Waals surface area (Å²) in [6, 6.07) is 19.2. The van der Waals surface area contributed by atoms with Crippen molar-refractivity contribution in [2.75, 3.05) is 5.32 Å². The van der Waals surface area contributed by atoms with Crippen molar-refractivity contribution in [2.45, 2.75) is 6.42 Å². The molecule has 0 bridgehead atoms. The fourth-order valence-electron chi connectivity index (χ4n) is 2.64. The highest BCUT2D eigenvalue weighted by atomic mass is 79.9. The lowest BCUT2D eigenvalue weighted by Crippen LogP contribution is -2.33. The molecule has 2 aromatic heterocycles. The molecule has 2 N–H and O–H groups in total. The summed E-state index contributed by atoms with van der Waals surface area (Å²) in [5.41, 5.74) is 2.98. The molecule has 0 saturated carbocycles. The number of rotatable bonds is 4. The first-order valence-corrected chi connectivity index (χ1v) is 10.4. The van der Waals surface area contributed by atoms with E-state index in [4.69, 9.17) is 16.6 Å². The van der Waals surface area contributed by atoms with Gasteiger partial charge in [-0.15, -0.1) is 11.3 Å². The van der Waals surface area contributed by atoms with Crippen molar-refractivity contribution in [3.63, 3.8) is 0 Å². The van der Waals surface area contributed by atoms with E-state index in [1.54, 1.807) is 23.5 Å². The van der Waals surface area contributed by atoms with E-state index in [2.05, 4.69) is 37.6 Å². The van der Waals surface area contributed by atoms with Gasteiger partial charge in [0.15, 0.2) is 15.5 Å². The fourth-order valence-corrected chi connectivity index (χ4v) is 4.16.